The molecule has 0 bridgehead atoms. The second kappa shape index (κ2) is 6.87. The molecule has 0 aromatic heterocycles. The van der Waals surface area contributed by atoms with Crippen LogP contribution >= 0.6 is 0 Å². The number of rotatable bonds is 6. The average Bonchev–Trinajstić information content (AvgIpc) is 3.14. The lowest BCUT2D eigenvalue weighted by Gasteiger charge is -2.24. The molecule has 2 heterocycles. The highest BCUT2D eigenvalue weighted by molar-refractivity contribution is 5.90. The van der Waals surface area contributed by atoms with Crippen molar-refractivity contribution in [3.05, 3.63) is 23.8 Å². The summed E-state index contributed by atoms with van der Waals surface area (Å²) in [6.45, 7) is 1.50. The molecule has 23 heavy (non-hydrogen) atoms. The van der Waals surface area contributed by atoms with Gasteiger partial charge in [0, 0.05) is 26.6 Å². The SMILES string of the molecule is COCCNC(=O)[C@@H]1CCC(=O)N1Cc1ccc2c(c1)OCO2. The molecule has 124 valence electrons. The van der Waals surface area contributed by atoms with Crippen molar-refractivity contribution in [2.45, 2.75) is 25.4 Å². The summed E-state index contributed by atoms with van der Waals surface area (Å²) in [6, 6.07) is 5.14. The predicted octanol–water partition coefficient (Wildman–Crippen LogP) is 0.669. The van der Waals surface area contributed by atoms with Crippen LogP contribution < -0.4 is 14.8 Å². The molecule has 1 N–H and O–H groups in total. The maximum atomic E-state index is 12.2. The molecular weight excluding hydrogens is 300 g/mol. The van der Waals surface area contributed by atoms with Gasteiger partial charge in [-0.25, -0.2) is 0 Å². The Morgan fingerprint density at radius 1 is 1.39 bits per heavy atom. The van der Waals surface area contributed by atoms with Gasteiger partial charge >= 0.3 is 0 Å². The maximum absolute atomic E-state index is 12.2. The van der Waals surface area contributed by atoms with Gasteiger partial charge in [-0.15, -0.1) is 0 Å². The molecule has 2 aliphatic rings. The van der Waals surface area contributed by atoms with Gasteiger partial charge in [-0.2, -0.15) is 0 Å². The van der Waals surface area contributed by atoms with Gasteiger partial charge in [0.25, 0.3) is 0 Å². The molecule has 7 nitrogen and oxygen atoms in total. The van der Waals surface area contributed by atoms with E-state index in [1.54, 1.807) is 12.0 Å². The van der Waals surface area contributed by atoms with E-state index >= 15 is 0 Å². The van der Waals surface area contributed by atoms with Gasteiger partial charge in [-0.05, 0) is 24.1 Å². The minimum absolute atomic E-state index is 0.00504. The second-order valence-electron chi connectivity index (χ2n) is 5.55. The number of carbonyl (C=O) groups excluding carboxylic acids is 2. The lowest BCUT2D eigenvalue weighted by molar-refractivity contribution is -0.135. The zero-order chi connectivity index (χ0) is 16.2. The summed E-state index contributed by atoms with van der Waals surface area (Å²) in [4.78, 5) is 26.0. The first-order valence-electron chi connectivity index (χ1n) is 7.63. The zero-order valence-electron chi connectivity index (χ0n) is 13.0. The fourth-order valence-corrected chi connectivity index (χ4v) is 2.83. The van der Waals surface area contributed by atoms with Gasteiger partial charge in [-0.1, -0.05) is 6.07 Å². The van der Waals surface area contributed by atoms with E-state index in [1.165, 1.54) is 0 Å². The molecule has 0 aliphatic carbocycles. The van der Waals surface area contributed by atoms with Crippen LogP contribution in [0.3, 0.4) is 0 Å². The van der Waals surface area contributed by atoms with Gasteiger partial charge in [0.05, 0.1) is 6.61 Å². The van der Waals surface area contributed by atoms with Gasteiger partial charge in [0.2, 0.25) is 18.6 Å². The van der Waals surface area contributed by atoms with E-state index in [1.807, 2.05) is 18.2 Å². The second-order valence-corrected chi connectivity index (χ2v) is 5.55. The van der Waals surface area contributed by atoms with E-state index in [9.17, 15) is 9.59 Å². The van der Waals surface area contributed by atoms with Crippen molar-refractivity contribution in [1.29, 1.82) is 0 Å². The molecule has 2 amide bonds. The third kappa shape index (κ3) is 3.39. The van der Waals surface area contributed by atoms with E-state index in [0.29, 0.717) is 44.0 Å². The van der Waals surface area contributed by atoms with Gasteiger partial charge in [-0.3, -0.25) is 9.59 Å². The van der Waals surface area contributed by atoms with Crippen LogP contribution in [0, 0.1) is 0 Å². The van der Waals surface area contributed by atoms with E-state index in [4.69, 9.17) is 14.2 Å². The summed E-state index contributed by atoms with van der Waals surface area (Å²) in [6.07, 6.45) is 0.940. The van der Waals surface area contributed by atoms with Gasteiger partial charge < -0.3 is 24.4 Å². The molecule has 0 spiro atoms. The molecular formula is C16H20N2O5. The van der Waals surface area contributed by atoms with E-state index in [-0.39, 0.29) is 18.6 Å². The summed E-state index contributed by atoms with van der Waals surface area (Å²) >= 11 is 0. The molecule has 1 saturated heterocycles. The fourth-order valence-electron chi connectivity index (χ4n) is 2.83. The van der Waals surface area contributed by atoms with Crippen molar-refractivity contribution in [2.24, 2.45) is 0 Å². The molecule has 1 fully saturated rings. The lowest BCUT2D eigenvalue weighted by atomic mass is 10.1. The molecule has 1 atom stereocenters. The average molecular weight is 320 g/mol. The Labute approximate surface area is 134 Å². The number of likely N-dealkylation sites (tertiary alicyclic amines) is 1. The monoisotopic (exact) mass is 320 g/mol. The van der Waals surface area contributed by atoms with Crippen LogP contribution in [0.15, 0.2) is 18.2 Å². The molecule has 2 aliphatic heterocycles. The van der Waals surface area contributed by atoms with Crippen LogP contribution in [0.4, 0.5) is 0 Å². The highest BCUT2D eigenvalue weighted by atomic mass is 16.7. The van der Waals surface area contributed by atoms with Crippen molar-refractivity contribution in [3.63, 3.8) is 0 Å². The number of ether oxygens (including phenoxy) is 3. The van der Waals surface area contributed by atoms with Crippen LogP contribution in [-0.2, 0) is 20.9 Å². The van der Waals surface area contributed by atoms with E-state index in [2.05, 4.69) is 5.32 Å². The highest BCUT2D eigenvalue weighted by Gasteiger charge is 2.35. The topological polar surface area (TPSA) is 77.1 Å². The third-order valence-electron chi connectivity index (χ3n) is 4.03. The quantitative estimate of drug-likeness (QED) is 0.780. The van der Waals surface area contributed by atoms with E-state index in [0.717, 1.165) is 5.56 Å². The molecule has 1 aromatic rings. The van der Waals surface area contributed by atoms with Crippen molar-refractivity contribution in [2.75, 3.05) is 27.1 Å². The Bertz CT molecular complexity index is 604. The van der Waals surface area contributed by atoms with E-state index < -0.39 is 6.04 Å². The number of carbonyl (C=O) groups is 2. The summed E-state index contributed by atoms with van der Waals surface area (Å²) in [5.41, 5.74) is 0.916. The molecule has 1 aromatic carbocycles. The van der Waals surface area contributed by atoms with Crippen LogP contribution in [0.5, 0.6) is 11.5 Å². The molecule has 3 rings (SSSR count). The standard InChI is InChI=1S/C16H20N2O5/c1-21-7-6-17-16(20)12-3-5-15(19)18(12)9-11-2-4-13-14(8-11)23-10-22-13/h2,4,8,12H,3,5-7,9-10H2,1H3,(H,17,20)/t12-/m0/s1. The largest absolute Gasteiger partial charge is 0.454 e. The Morgan fingerprint density at radius 2 is 2.22 bits per heavy atom. The van der Waals surface area contributed by atoms with Crippen molar-refractivity contribution in [1.82, 2.24) is 10.2 Å². The molecule has 7 heteroatoms. The predicted molar refractivity (Wildman–Crippen MR) is 81.0 cm³/mol. The van der Waals surface area contributed by atoms with Crippen LogP contribution in [0.1, 0.15) is 18.4 Å². The first kappa shape index (κ1) is 15.6. The third-order valence-corrected chi connectivity index (χ3v) is 4.03. The smallest absolute Gasteiger partial charge is 0.242 e. The Balaban J connectivity index is 1.66. The fraction of sp³-hybridized carbons (Fsp3) is 0.500. The van der Waals surface area contributed by atoms with Gasteiger partial charge in [0.1, 0.15) is 6.04 Å². The number of methoxy groups -OCH3 is 1. The molecule has 0 saturated carbocycles. The number of hydrogen-bond acceptors (Lipinski definition) is 5. The Hall–Kier alpha value is -2.28. The minimum Gasteiger partial charge on any atom is -0.454 e. The zero-order valence-corrected chi connectivity index (χ0v) is 13.0. The first-order chi connectivity index (χ1) is 11.2. The van der Waals surface area contributed by atoms with Crippen molar-refractivity contribution in [3.8, 4) is 11.5 Å². The molecule has 0 unspecified atom stereocenters. The maximum Gasteiger partial charge on any atom is 0.242 e. The van der Waals surface area contributed by atoms with Crippen LogP contribution in [-0.4, -0.2) is 49.8 Å². The number of nitrogens with zero attached hydrogens (tertiary/aromatic N) is 1. The number of amides is 2. The normalized spacial score (nSPS) is 19.3. The van der Waals surface area contributed by atoms with Gasteiger partial charge in [0.15, 0.2) is 11.5 Å². The molecule has 0 radical (unpaired) electrons. The lowest BCUT2D eigenvalue weighted by Crippen LogP contribution is -2.45. The van der Waals surface area contributed by atoms with Crippen LogP contribution in [0.2, 0.25) is 0 Å². The van der Waals surface area contributed by atoms with Crippen LogP contribution in [0.25, 0.3) is 0 Å². The van der Waals surface area contributed by atoms with Crippen molar-refractivity contribution >= 4 is 11.8 Å². The number of hydrogen-bond donors (Lipinski definition) is 1. The minimum atomic E-state index is -0.426. The number of nitrogens with one attached hydrogen (secondary N) is 1. The Morgan fingerprint density at radius 3 is 3.04 bits per heavy atom. The van der Waals surface area contributed by atoms with Crippen molar-refractivity contribution < 1.29 is 23.8 Å². The summed E-state index contributed by atoms with van der Waals surface area (Å²) in [7, 11) is 1.58. The summed E-state index contributed by atoms with van der Waals surface area (Å²) < 4.78 is 15.6. The Kier molecular flexibility index (Phi) is 4.66. The highest BCUT2D eigenvalue weighted by Crippen LogP contribution is 2.33. The first-order valence-corrected chi connectivity index (χ1v) is 7.63. The number of benzene rings is 1. The number of fused-ring (bicyclic) bond motifs is 1. The summed E-state index contributed by atoms with van der Waals surface area (Å²) in [5.74, 6) is 1.24. The summed E-state index contributed by atoms with van der Waals surface area (Å²) in [5, 5.41) is 2.80.